The number of benzene rings is 1. The summed E-state index contributed by atoms with van der Waals surface area (Å²) >= 11 is 1.82. The highest BCUT2D eigenvalue weighted by atomic mass is 127. The molecule has 0 aliphatic carbocycles. The van der Waals surface area contributed by atoms with E-state index in [1.54, 1.807) is 0 Å². The fourth-order valence-corrected chi connectivity index (χ4v) is 4.65. The van der Waals surface area contributed by atoms with Crippen LogP contribution in [0.1, 0.15) is 18.4 Å². The summed E-state index contributed by atoms with van der Waals surface area (Å²) in [4.78, 5) is 13.7. The Morgan fingerprint density at radius 2 is 1.97 bits per heavy atom. The van der Waals surface area contributed by atoms with Gasteiger partial charge in [-0.15, -0.1) is 35.3 Å². The Morgan fingerprint density at radius 1 is 1.19 bits per heavy atom. The zero-order valence-corrected chi connectivity index (χ0v) is 21.5. The van der Waals surface area contributed by atoms with Gasteiger partial charge in [0.1, 0.15) is 5.82 Å². The van der Waals surface area contributed by atoms with E-state index in [2.05, 4.69) is 62.3 Å². The van der Waals surface area contributed by atoms with Gasteiger partial charge in [0.25, 0.3) is 0 Å². The molecule has 0 bridgehead atoms. The predicted octanol–water partition coefficient (Wildman–Crippen LogP) is 4.31. The van der Waals surface area contributed by atoms with Gasteiger partial charge in [-0.05, 0) is 48.1 Å². The topological polar surface area (TPSA) is 55.8 Å². The molecule has 6 nitrogen and oxygen atoms in total. The molecule has 1 aliphatic heterocycles. The summed E-state index contributed by atoms with van der Waals surface area (Å²) < 4.78 is 0. The first-order chi connectivity index (χ1) is 14.6. The largest absolute Gasteiger partial charge is 0.363 e. The molecule has 1 fully saturated rings. The summed E-state index contributed by atoms with van der Waals surface area (Å²) in [6.45, 7) is 2.87. The van der Waals surface area contributed by atoms with Crippen LogP contribution in [0.3, 0.4) is 0 Å². The lowest BCUT2D eigenvalue weighted by Gasteiger charge is -2.33. The number of piperidine rings is 1. The molecule has 1 aliphatic rings. The maximum atomic E-state index is 4.75. The molecule has 0 unspecified atom stereocenters. The molecular weight excluding hydrogens is 519 g/mol. The van der Waals surface area contributed by atoms with Gasteiger partial charge in [0.2, 0.25) is 0 Å². The Balaban J connectivity index is 0.00000272. The van der Waals surface area contributed by atoms with Crippen molar-refractivity contribution in [1.82, 2.24) is 15.6 Å². The zero-order valence-electron chi connectivity index (χ0n) is 18.3. The molecule has 0 spiro atoms. The Labute approximate surface area is 205 Å². The van der Waals surface area contributed by atoms with Crippen molar-refractivity contribution in [3.63, 3.8) is 0 Å². The molecule has 1 aromatic carbocycles. The number of thiophene rings is 1. The van der Waals surface area contributed by atoms with Crippen LogP contribution in [0.2, 0.25) is 0 Å². The number of hydrogen-bond donors (Lipinski definition) is 2. The van der Waals surface area contributed by atoms with Crippen molar-refractivity contribution in [3.05, 3.63) is 53.4 Å². The lowest BCUT2D eigenvalue weighted by atomic mass is 10.1. The second-order valence-corrected chi connectivity index (χ2v) is 8.76. The molecule has 4 rings (SSSR count). The fourth-order valence-electron chi connectivity index (χ4n) is 3.87. The Morgan fingerprint density at radius 3 is 2.65 bits per heavy atom. The van der Waals surface area contributed by atoms with Crippen LogP contribution in [0.5, 0.6) is 0 Å². The fraction of sp³-hybridized carbons (Fsp3) is 0.391. The number of anilines is 2. The molecule has 166 valence electrons. The molecule has 2 N–H and O–H groups in total. The average molecular weight is 551 g/mol. The van der Waals surface area contributed by atoms with Gasteiger partial charge in [-0.25, -0.2) is 4.98 Å². The minimum atomic E-state index is 0. The first-order valence-electron chi connectivity index (χ1n) is 10.5. The molecule has 0 radical (unpaired) electrons. The van der Waals surface area contributed by atoms with Gasteiger partial charge in [-0.2, -0.15) is 0 Å². The SMILES string of the molecule is CN=C(NCc1cc(N(C)C)nc2ccccc12)NC1CCN(c2cccs2)CC1.I. The van der Waals surface area contributed by atoms with E-state index < -0.39 is 0 Å². The van der Waals surface area contributed by atoms with Gasteiger partial charge in [0.15, 0.2) is 5.96 Å². The maximum absolute atomic E-state index is 4.75. The van der Waals surface area contributed by atoms with Crippen molar-refractivity contribution in [3.8, 4) is 0 Å². The van der Waals surface area contributed by atoms with Gasteiger partial charge in [0.05, 0.1) is 10.5 Å². The molecular formula is C23H31IN6S. The highest BCUT2D eigenvalue weighted by Crippen LogP contribution is 2.25. The first-order valence-corrected chi connectivity index (χ1v) is 11.3. The minimum Gasteiger partial charge on any atom is -0.363 e. The molecule has 0 saturated carbocycles. The lowest BCUT2D eigenvalue weighted by molar-refractivity contribution is 0.463. The van der Waals surface area contributed by atoms with E-state index in [9.17, 15) is 0 Å². The minimum absolute atomic E-state index is 0. The lowest BCUT2D eigenvalue weighted by Crippen LogP contribution is -2.48. The third-order valence-corrected chi connectivity index (χ3v) is 6.50. The van der Waals surface area contributed by atoms with Crippen molar-refractivity contribution in [2.75, 3.05) is 44.0 Å². The number of hydrogen-bond acceptors (Lipinski definition) is 5. The quantitative estimate of drug-likeness (QED) is 0.282. The maximum Gasteiger partial charge on any atom is 0.191 e. The number of halogens is 1. The van der Waals surface area contributed by atoms with Crippen LogP contribution in [-0.4, -0.2) is 51.2 Å². The Kier molecular flexibility index (Phi) is 8.36. The van der Waals surface area contributed by atoms with Crippen LogP contribution in [0, 0.1) is 0 Å². The number of para-hydroxylation sites is 1. The normalized spacial score (nSPS) is 14.9. The molecule has 3 aromatic rings. The van der Waals surface area contributed by atoms with E-state index in [4.69, 9.17) is 4.98 Å². The summed E-state index contributed by atoms with van der Waals surface area (Å²) in [6.07, 6.45) is 2.23. The number of aliphatic imine (C=N–C) groups is 1. The van der Waals surface area contributed by atoms with E-state index in [0.29, 0.717) is 12.6 Å². The molecule has 0 amide bonds. The van der Waals surface area contributed by atoms with Crippen LogP contribution in [0.15, 0.2) is 52.8 Å². The van der Waals surface area contributed by atoms with Gasteiger partial charge in [-0.3, -0.25) is 4.99 Å². The number of pyridine rings is 1. The predicted molar refractivity (Wildman–Crippen MR) is 144 cm³/mol. The number of rotatable bonds is 5. The van der Waals surface area contributed by atoms with E-state index >= 15 is 0 Å². The number of nitrogens with one attached hydrogen (secondary N) is 2. The third kappa shape index (κ3) is 5.79. The molecule has 8 heteroatoms. The molecule has 3 heterocycles. The number of fused-ring (bicyclic) bond motifs is 1. The summed E-state index contributed by atoms with van der Waals surface area (Å²) in [5, 5.41) is 11.8. The molecule has 1 saturated heterocycles. The number of aromatic nitrogens is 1. The van der Waals surface area contributed by atoms with Gasteiger partial charge in [-0.1, -0.05) is 18.2 Å². The van der Waals surface area contributed by atoms with E-state index in [0.717, 1.165) is 43.2 Å². The Bertz CT molecular complexity index is 996. The van der Waals surface area contributed by atoms with Crippen molar-refractivity contribution in [2.24, 2.45) is 4.99 Å². The standard InChI is InChI=1S/C23H30N6S.HI/c1-24-23(26-18-10-12-29(13-11-18)22-9-6-14-30-22)25-16-17-15-21(28(2)3)27-20-8-5-4-7-19(17)20;/h4-9,14-15,18H,10-13,16H2,1-3H3,(H2,24,25,26);1H. The highest BCUT2D eigenvalue weighted by molar-refractivity contribution is 14.0. The van der Waals surface area contributed by atoms with Crippen LogP contribution in [0.4, 0.5) is 10.8 Å². The summed E-state index contributed by atoms with van der Waals surface area (Å²) in [5.41, 5.74) is 2.24. The van der Waals surface area contributed by atoms with Gasteiger partial charge in [0, 0.05) is 52.2 Å². The van der Waals surface area contributed by atoms with Crippen molar-refractivity contribution < 1.29 is 0 Å². The van der Waals surface area contributed by atoms with Gasteiger partial charge >= 0.3 is 0 Å². The van der Waals surface area contributed by atoms with E-state index in [-0.39, 0.29) is 24.0 Å². The van der Waals surface area contributed by atoms with E-state index in [1.807, 2.05) is 43.4 Å². The molecule has 2 aromatic heterocycles. The second kappa shape index (κ2) is 11.0. The second-order valence-electron chi connectivity index (χ2n) is 7.83. The number of nitrogens with zero attached hydrogens (tertiary/aromatic N) is 4. The third-order valence-electron chi connectivity index (χ3n) is 5.57. The molecule has 31 heavy (non-hydrogen) atoms. The van der Waals surface area contributed by atoms with E-state index in [1.165, 1.54) is 16.0 Å². The van der Waals surface area contributed by atoms with Crippen molar-refractivity contribution >= 4 is 63.0 Å². The Hall–Kier alpha value is -2.07. The first kappa shape index (κ1) is 23.6. The summed E-state index contributed by atoms with van der Waals surface area (Å²) in [7, 11) is 5.89. The summed E-state index contributed by atoms with van der Waals surface area (Å²) in [5.74, 6) is 1.83. The summed E-state index contributed by atoms with van der Waals surface area (Å²) in [6, 6.07) is 15.2. The molecule has 0 atom stereocenters. The van der Waals surface area contributed by atoms with Crippen LogP contribution in [0.25, 0.3) is 10.9 Å². The zero-order chi connectivity index (χ0) is 20.9. The average Bonchev–Trinajstić information content (AvgIpc) is 3.31. The smallest absolute Gasteiger partial charge is 0.191 e. The monoisotopic (exact) mass is 550 g/mol. The van der Waals surface area contributed by atoms with Crippen LogP contribution in [-0.2, 0) is 6.54 Å². The van der Waals surface area contributed by atoms with Crippen molar-refractivity contribution in [2.45, 2.75) is 25.4 Å². The van der Waals surface area contributed by atoms with Crippen LogP contribution >= 0.6 is 35.3 Å². The van der Waals surface area contributed by atoms with Crippen molar-refractivity contribution in [1.29, 1.82) is 0 Å². The highest BCUT2D eigenvalue weighted by Gasteiger charge is 2.20. The van der Waals surface area contributed by atoms with Crippen LogP contribution < -0.4 is 20.4 Å². The number of guanidine groups is 1. The van der Waals surface area contributed by atoms with Gasteiger partial charge < -0.3 is 20.4 Å².